The highest BCUT2D eigenvalue weighted by Gasteiger charge is 2.28. The maximum Gasteiger partial charge on any atom is 0.271 e. The monoisotopic (exact) mass is 470 g/mol. The first-order valence-corrected chi connectivity index (χ1v) is 13.3. The number of sulfone groups is 1. The van der Waals surface area contributed by atoms with Crippen molar-refractivity contribution in [3.63, 3.8) is 0 Å². The number of nitrogens with one attached hydrogen (secondary N) is 2. The zero-order valence-electron chi connectivity index (χ0n) is 19.1. The smallest absolute Gasteiger partial charge is 0.271 e. The SMILES string of the molecule is Cc1noc(C)c1-c1cc(S(=O)(=O)CC2CCCC2)c2cc(N3CCNCC3)c(=O)[nH]c2c1. The van der Waals surface area contributed by atoms with Crippen molar-refractivity contribution in [1.82, 2.24) is 15.5 Å². The molecule has 3 heterocycles. The van der Waals surface area contributed by atoms with Gasteiger partial charge in [-0.2, -0.15) is 0 Å². The molecule has 0 amide bonds. The third-order valence-electron chi connectivity index (χ3n) is 6.95. The Morgan fingerprint density at radius 3 is 2.52 bits per heavy atom. The Hall–Kier alpha value is -2.65. The normalized spacial score (nSPS) is 17.8. The number of rotatable bonds is 5. The van der Waals surface area contributed by atoms with Gasteiger partial charge < -0.3 is 19.7 Å². The van der Waals surface area contributed by atoms with Gasteiger partial charge in [0.1, 0.15) is 11.4 Å². The summed E-state index contributed by atoms with van der Waals surface area (Å²) in [4.78, 5) is 18.3. The van der Waals surface area contributed by atoms with Crippen LogP contribution >= 0.6 is 0 Å². The van der Waals surface area contributed by atoms with Gasteiger partial charge in [-0.3, -0.25) is 4.79 Å². The van der Waals surface area contributed by atoms with Crippen LogP contribution in [0.1, 0.15) is 37.1 Å². The third-order valence-corrected chi connectivity index (χ3v) is 8.87. The first kappa shape index (κ1) is 22.2. The van der Waals surface area contributed by atoms with Gasteiger partial charge in [0.2, 0.25) is 0 Å². The van der Waals surface area contributed by atoms with Crippen LogP contribution in [-0.2, 0) is 9.84 Å². The average Bonchev–Trinajstić information content (AvgIpc) is 3.41. The van der Waals surface area contributed by atoms with E-state index < -0.39 is 9.84 Å². The number of H-pyrrole nitrogens is 1. The van der Waals surface area contributed by atoms with Crippen LogP contribution in [0.4, 0.5) is 5.69 Å². The molecule has 2 aliphatic rings. The van der Waals surface area contributed by atoms with E-state index in [9.17, 15) is 13.2 Å². The lowest BCUT2D eigenvalue weighted by molar-refractivity contribution is 0.393. The summed E-state index contributed by atoms with van der Waals surface area (Å²) in [6.45, 7) is 6.62. The second-order valence-electron chi connectivity index (χ2n) is 9.29. The summed E-state index contributed by atoms with van der Waals surface area (Å²) in [5, 5.41) is 7.88. The second kappa shape index (κ2) is 8.61. The first-order valence-electron chi connectivity index (χ1n) is 11.7. The van der Waals surface area contributed by atoms with Crippen molar-refractivity contribution in [2.75, 3.05) is 36.8 Å². The Morgan fingerprint density at radius 2 is 1.85 bits per heavy atom. The van der Waals surface area contributed by atoms with Gasteiger partial charge in [0.15, 0.2) is 9.84 Å². The summed E-state index contributed by atoms with van der Waals surface area (Å²) >= 11 is 0. The number of aromatic nitrogens is 2. The number of fused-ring (bicyclic) bond motifs is 1. The van der Waals surface area contributed by atoms with E-state index >= 15 is 0 Å². The van der Waals surface area contributed by atoms with Crippen LogP contribution in [0.2, 0.25) is 0 Å². The van der Waals surface area contributed by atoms with Gasteiger partial charge >= 0.3 is 0 Å². The van der Waals surface area contributed by atoms with Gasteiger partial charge in [-0.15, -0.1) is 0 Å². The highest BCUT2D eigenvalue weighted by atomic mass is 32.2. The molecule has 0 atom stereocenters. The fourth-order valence-corrected chi connectivity index (χ4v) is 7.23. The van der Waals surface area contributed by atoms with Gasteiger partial charge in [-0.05, 0) is 56.4 Å². The lowest BCUT2D eigenvalue weighted by atomic mass is 10.0. The molecule has 33 heavy (non-hydrogen) atoms. The molecule has 2 aromatic heterocycles. The first-order chi connectivity index (χ1) is 15.8. The minimum Gasteiger partial charge on any atom is -0.365 e. The largest absolute Gasteiger partial charge is 0.365 e. The molecular formula is C24H30N4O4S. The highest BCUT2D eigenvalue weighted by Crippen LogP contribution is 2.36. The van der Waals surface area contributed by atoms with E-state index in [1.54, 1.807) is 12.1 Å². The van der Waals surface area contributed by atoms with Crippen molar-refractivity contribution in [1.29, 1.82) is 0 Å². The van der Waals surface area contributed by atoms with E-state index in [1.807, 2.05) is 24.8 Å². The molecule has 1 aromatic carbocycles. The summed E-state index contributed by atoms with van der Waals surface area (Å²) in [6, 6.07) is 5.33. The van der Waals surface area contributed by atoms with Crippen LogP contribution < -0.4 is 15.8 Å². The molecule has 1 saturated carbocycles. The summed E-state index contributed by atoms with van der Waals surface area (Å²) < 4.78 is 32.8. The fraction of sp³-hybridized carbons (Fsp3) is 0.500. The Kier molecular flexibility index (Phi) is 5.78. The quantitative estimate of drug-likeness (QED) is 0.590. The number of aromatic amines is 1. The summed E-state index contributed by atoms with van der Waals surface area (Å²) in [5.41, 5.74) is 2.97. The van der Waals surface area contributed by atoms with E-state index in [4.69, 9.17) is 4.52 Å². The van der Waals surface area contributed by atoms with Crippen LogP contribution in [0.3, 0.4) is 0 Å². The number of hydrogen-bond donors (Lipinski definition) is 2. The molecule has 9 heteroatoms. The van der Waals surface area contributed by atoms with E-state index in [2.05, 4.69) is 15.5 Å². The van der Waals surface area contributed by atoms with Crippen LogP contribution in [0, 0.1) is 19.8 Å². The molecule has 0 radical (unpaired) electrons. The maximum atomic E-state index is 13.7. The number of hydrogen-bond acceptors (Lipinski definition) is 7. The van der Waals surface area contributed by atoms with Gasteiger partial charge in [0, 0.05) is 37.1 Å². The molecule has 1 aliphatic heterocycles. The van der Waals surface area contributed by atoms with E-state index in [0.29, 0.717) is 46.7 Å². The second-order valence-corrected chi connectivity index (χ2v) is 11.3. The molecule has 1 saturated heterocycles. The summed E-state index contributed by atoms with van der Waals surface area (Å²) in [7, 11) is -3.57. The average molecular weight is 471 g/mol. The van der Waals surface area contributed by atoms with Gasteiger partial charge in [0.25, 0.3) is 5.56 Å². The maximum absolute atomic E-state index is 13.7. The van der Waals surface area contributed by atoms with Crippen molar-refractivity contribution >= 4 is 26.4 Å². The number of aryl methyl sites for hydroxylation is 2. The molecule has 5 rings (SSSR count). The van der Waals surface area contributed by atoms with E-state index in [-0.39, 0.29) is 22.1 Å². The fourth-order valence-electron chi connectivity index (χ4n) is 5.28. The number of piperazine rings is 1. The number of anilines is 1. The van der Waals surface area contributed by atoms with Gasteiger partial charge in [-0.25, -0.2) is 8.42 Å². The zero-order valence-corrected chi connectivity index (χ0v) is 19.9. The molecule has 2 fully saturated rings. The van der Waals surface area contributed by atoms with Crippen LogP contribution in [-0.4, -0.2) is 50.5 Å². The molecule has 1 aliphatic carbocycles. The Bertz CT molecular complexity index is 1330. The lowest BCUT2D eigenvalue weighted by Crippen LogP contribution is -2.45. The van der Waals surface area contributed by atoms with Gasteiger partial charge in [-0.1, -0.05) is 18.0 Å². The molecule has 3 aromatic rings. The molecule has 0 bridgehead atoms. The van der Waals surface area contributed by atoms with Crippen LogP contribution in [0.5, 0.6) is 0 Å². The Labute approximate surface area is 193 Å². The minimum atomic E-state index is -3.57. The number of benzene rings is 1. The van der Waals surface area contributed by atoms with Crippen LogP contribution in [0.15, 0.2) is 32.4 Å². The predicted molar refractivity (Wildman–Crippen MR) is 129 cm³/mol. The van der Waals surface area contributed by atoms with Crippen LogP contribution in [0.25, 0.3) is 22.0 Å². The van der Waals surface area contributed by atoms with E-state index in [0.717, 1.165) is 44.3 Å². The van der Waals surface area contributed by atoms with Gasteiger partial charge in [0.05, 0.1) is 21.9 Å². The molecule has 0 unspecified atom stereocenters. The Balaban J connectivity index is 1.72. The number of pyridine rings is 1. The Morgan fingerprint density at radius 1 is 1.12 bits per heavy atom. The predicted octanol–water partition coefficient (Wildman–Crippen LogP) is 3.17. The van der Waals surface area contributed by atoms with Crippen molar-refractivity contribution < 1.29 is 12.9 Å². The number of nitrogens with zero attached hydrogens (tertiary/aromatic N) is 2. The van der Waals surface area contributed by atoms with Crippen molar-refractivity contribution in [2.45, 2.75) is 44.4 Å². The summed E-state index contributed by atoms with van der Waals surface area (Å²) in [6.07, 6.45) is 4.06. The van der Waals surface area contributed by atoms with Crippen molar-refractivity contribution in [3.05, 3.63) is 40.0 Å². The summed E-state index contributed by atoms with van der Waals surface area (Å²) in [5.74, 6) is 0.934. The van der Waals surface area contributed by atoms with Crippen molar-refractivity contribution in [2.24, 2.45) is 5.92 Å². The topological polar surface area (TPSA) is 108 Å². The minimum absolute atomic E-state index is 0.134. The molecule has 2 N–H and O–H groups in total. The molecule has 0 spiro atoms. The van der Waals surface area contributed by atoms with Crippen molar-refractivity contribution in [3.8, 4) is 11.1 Å². The molecule has 8 nitrogen and oxygen atoms in total. The zero-order chi connectivity index (χ0) is 23.2. The lowest BCUT2D eigenvalue weighted by Gasteiger charge is -2.29. The third kappa shape index (κ3) is 4.19. The molecule has 176 valence electrons. The van der Waals surface area contributed by atoms with E-state index in [1.165, 1.54) is 0 Å². The standard InChI is InChI=1S/C24H30N4O4S/c1-15-23(16(2)32-27-15)18-11-20-19(13-21(24(29)26-20)28-9-7-25-8-10-28)22(12-18)33(30,31)14-17-5-3-4-6-17/h11-13,17,25H,3-10,14H2,1-2H3,(H,26,29). The molecular weight excluding hydrogens is 440 g/mol. The highest BCUT2D eigenvalue weighted by molar-refractivity contribution is 7.91.